The fourth-order valence-corrected chi connectivity index (χ4v) is 20.5. The second kappa shape index (κ2) is 34.4. The predicted octanol–water partition coefficient (Wildman–Crippen LogP) is -1.09. The number of hydrogen-bond acceptors (Lipinski definition) is 31. The van der Waals surface area contributed by atoms with Crippen molar-refractivity contribution in [1.82, 2.24) is 5.32 Å². The average molecular weight is 1530 g/mol. The van der Waals surface area contributed by atoms with Crippen LogP contribution in [0.3, 0.4) is 0 Å². The number of hydrogen-bond donors (Lipinski definition) is 17. The van der Waals surface area contributed by atoms with E-state index in [2.05, 4.69) is 52.9 Å². The first kappa shape index (κ1) is 85.2. The molecule has 1 radical (unpaired) electrons. The third-order valence-electron chi connectivity index (χ3n) is 27.2. The lowest BCUT2D eigenvalue weighted by molar-refractivity contribution is -0.377. The van der Waals surface area contributed by atoms with Crippen molar-refractivity contribution in [1.29, 1.82) is 0 Å². The van der Waals surface area contributed by atoms with Crippen molar-refractivity contribution in [2.75, 3.05) is 26.4 Å². The number of ether oxygens (including phenoxy) is 12. The molecule has 6 heterocycles. The fourth-order valence-electron chi connectivity index (χ4n) is 20.5. The van der Waals surface area contributed by atoms with E-state index in [1.165, 1.54) is 19.8 Å². The summed E-state index contributed by atoms with van der Waals surface area (Å²) >= 11 is 0. The molecule has 37 atom stereocenters. The SMILES string of the molecule is CCCCCCCCCCCC(=O)N[C@@H]1C(CO)O[C@H](OC(=O)[C@]23CCC(C)(C)CC2C2=CCC4C5(C)CC[C@H](O[C@@H]6O[CH][C@H](O)[C@H](O[C@@H]7OC[C@H](O)[C@H](O)C7O)C6O[C@@H]6OC(CO)[C@H](O)[C@H](O)C6O)[C@](C)(C=O)[C@@H]5CCC4(C)C2(C)CC3O)[C@H](O[C@H]2OC(C)[C@@H](O[C@H]3OC[C@@H](O)C(O)[C@H]3O)C(O)[C@@H]2O)C1O. The number of carbonyl (C=O) groups is 3. The number of aliphatic hydroxyl groups is 16. The maximum atomic E-state index is 16.1. The van der Waals surface area contributed by atoms with E-state index in [9.17, 15) is 91.3 Å². The highest BCUT2D eigenvalue weighted by Gasteiger charge is 2.73. The molecule has 6 aliphatic heterocycles. The van der Waals surface area contributed by atoms with E-state index >= 15 is 4.79 Å². The molecule has 0 bridgehead atoms. The van der Waals surface area contributed by atoms with Crippen LogP contribution in [0.1, 0.15) is 177 Å². The van der Waals surface area contributed by atoms with E-state index in [0.717, 1.165) is 57.0 Å². The fraction of sp³-hybridized carbons (Fsp3) is 0.920. The van der Waals surface area contributed by atoms with Crippen LogP contribution in [0.25, 0.3) is 0 Å². The number of esters is 1. The molecule has 32 nitrogen and oxygen atoms in total. The Hall–Kier alpha value is -2.73. The molecule has 6 saturated heterocycles. The molecule has 0 aromatic carbocycles. The van der Waals surface area contributed by atoms with Gasteiger partial charge in [0.25, 0.3) is 0 Å². The third-order valence-corrected chi connectivity index (χ3v) is 27.2. The van der Waals surface area contributed by atoms with Gasteiger partial charge in [-0.05, 0) is 111 Å². The number of aliphatic hydroxyl groups excluding tert-OH is 16. The number of aldehydes is 1. The number of fused-ring (bicyclic) bond motifs is 7. The zero-order chi connectivity index (χ0) is 77.8. The minimum atomic E-state index is -2.00. The molecular formula is C75H122NO31. The number of amides is 1. The lowest BCUT2D eigenvalue weighted by Crippen LogP contribution is -2.70. The van der Waals surface area contributed by atoms with Gasteiger partial charge in [-0.3, -0.25) is 9.59 Å². The highest BCUT2D eigenvalue weighted by molar-refractivity contribution is 5.80. The Labute approximate surface area is 624 Å². The van der Waals surface area contributed by atoms with Crippen LogP contribution in [0.2, 0.25) is 0 Å². The van der Waals surface area contributed by atoms with Crippen molar-refractivity contribution >= 4 is 18.2 Å². The van der Waals surface area contributed by atoms with E-state index in [1.54, 1.807) is 6.92 Å². The molecule has 0 spiro atoms. The maximum Gasteiger partial charge on any atom is 0.317 e. The van der Waals surface area contributed by atoms with Gasteiger partial charge in [-0.2, -0.15) is 0 Å². The van der Waals surface area contributed by atoms with Crippen molar-refractivity contribution in [3.05, 3.63) is 18.3 Å². The summed E-state index contributed by atoms with van der Waals surface area (Å²) < 4.78 is 73.4. The van der Waals surface area contributed by atoms with Crippen molar-refractivity contribution in [3.63, 3.8) is 0 Å². The second-order valence-corrected chi connectivity index (χ2v) is 34.3. The van der Waals surface area contributed by atoms with Gasteiger partial charge in [-0.1, -0.05) is 111 Å². The molecule has 11 aliphatic rings. The minimum absolute atomic E-state index is 0.0674. The summed E-state index contributed by atoms with van der Waals surface area (Å²) in [7, 11) is 0. The Bertz CT molecular complexity index is 2990. The lowest BCUT2D eigenvalue weighted by Gasteiger charge is -2.71. The molecule has 0 aromatic rings. The second-order valence-electron chi connectivity index (χ2n) is 34.3. The zero-order valence-electron chi connectivity index (χ0n) is 62.7. The van der Waals surface area contributed by atoms with Crippen LogP contribution in [0.15, 0.2) is 11.6 Å². The Morgan fingerprint density at radius 2 is 1.13 bits per heavy atom. The van der Waals surface area contributed by atoms with Gasteiger partial charge in [0.05, 0.1) is 56.2 Å². The average Bonchev–Trinajstić information content (AvgIpc) is 0.672. The van der Waals surface area contributed by atoms with Gasteiger partial charge in [0.1, 0.15) is 128 Å². The summed E-state index contributed by atoms with van der Waals surface area (Å²) in [6.07, 6.45) is -31.2. The van der Waals surface area contributed by atoms with Crippen LogP contribution >= 0.6 is 0 Å². The smallest absolute Gasteiger partial charge is 0.317 e. The van der Waals surface area contributed by atoms with E-state index in [1.807, 2.05) is 0 Å². The van der Waals surface area contributed by atoms with Crippen LogP contribution in [0.4, 0.5) is 0 Å². The molecule has 10 fully saturated rings. The van der Waals surface area contributed by atoms with Gasteiger partial charge in [0.15, 0.2) is 37.6 Å². The Balaban J connectivity index is 0.848. The van der Waals surface area contributed by atoms with Gasteiger partial charge in [-0.25, -0.2) is 0 Å². The first-order valence-corrected chi connectivity index (χ1v) is 39.0. The van der Waals surface area contributed by atoms with Crippen molar-refractivity contribution in [2.24, 2.45) is 50.2 Å². The number of allylic oxidation sites excluding steroid dienone is 2. The molecular weight excluding hydrogens is 1410 g/mol. The van der Waals surface area contributed by atoms with Crippen molar-refractivity contribution < 1.29 is 153 Å². The molecule has 17 N–H and O–H groups in total. The standard InChI is InChI=1S/C75H122NO31/c1-9-10-11-12-13-14-15-16-17-18-47(84)76-48-41(29-77)100-68(61(52(48)88)105-65-58(94)54(90)59(35(2)99-65)103-63-55(91)49(85)38(80)31-96-63)107-69(95)75-26-25-70(3,4)27-37(75)36-19-20-44-71(5)23-22-46(72(6,34-79)43(71)21-24-73(44,7)74(36,8)28-45(75)83)102-67-62(106-66-57(93)53(89)51(87)42(30-78)101-66)60(40(82)33-98-67)104-64-56(92)50(86)39(81)32-97-64/h19,33-35,37-46,48-68,77-78,80-83,85-94H,9-18,20-32H2,1-8H3,(H,76,84)/t35?,37?,38-,39+,40+,41?,42?,43-,44?,45?,46+,48-,49?,50+,51+,52?,53+,54?,55-,56?,57?,58+,59-,60+,61-,62?,63-,64+,65-,66+,67+,68-,71?,72-,73?,74?,75-/m1/s1. The molecule has 4 saturated carbocycles. The topological polar surface area (TPSA) is 498 Å². The first-order chi connectivity index (χ1) is 50.6. The predicted molar refractivity (Wildman–Crippen MR) is 368 cm³/mol. The summed E-state index contributed by atoms with van der Waals surface area (Å²) in [4.78, 5) is 44.1. The summed E-state index contributed by atoms with van der Waals surface area (Å²) in [6.45, 7) is 14.6. The Morgan fingerprint density at radius 1 is 0.561 bits per heavy atom. The van der Waals surface area contributed by atoms with Gasteiger partial charge < -0.3 is 149 Å². The Kier molecular flexibility index (Phi) is 27.4. The monoisotopic (exact) mass is 1530 g/mol. The molecule has 613 valence electrons. The highest BCUT2D eigenvalue weighted by Crippen LogP contribution is 2.76. The largest absolute Gasteiger partial charge is 0.432 e. The molecule has 107 heavy (non-hydrogen) atoms. The van der Waals surface area contributed by atoms with Crippen LogP contribution in [-0.4, -0.2) is 304 Å². The van der Waals surface area contributed by atoms with E-state index in [4.69, 9.17) is 56.8 Å². The van der Waals surface area contributed by atoms with Gasteiger partial charge in [0.2, 0.25) is 12.2 Å². The summed E-state index contributed by atoms with van der Waals surface area (Å²) in [6, 6.07) is -1.40. The summed E-state index contributed by atoms with van der Waals surface area (Å²) in [5.41, 5.74) is -4.44. The molecule has 15 unspecified atom stereocenters. The normalized spacial score (nSPS) is 49.9. The molecule has 0 aromatic heterocycles. The van der Waals surface area contributed by atoms with Crippen LogP contribution in [0, 0.1) is 56.9 Å². The maximum absolute atomic E-state index is 16.1. The third kappa shape index (κ3) is 16.3. The molecule has 32 heteroatoms. The van der Waals surface area contributed by atoms with Crippen LogP contribution < -0.4 is 5.32 Å². The molecule has 11 rings (SSSR count). The summed E-state index contributed by atoms with van der Waals surface area (Å²) in [5, 5.41) is 181. The quantitative estimate of drug-likeness (QED) is 0.0161. The van der Waals surface area contributed by atoms with Crippen molar-refractivity contribution in [3.8, 4) is 0 Å². The van der Waals surface area contributed by atoms with E-state index in [0.29, 0.717) is 44.9 Å². The lowest BCUT2D eigenvalue weighted by atomic mass is 9.33. The highest BCUT2D eigenvalue weighted by atomic mass is 16.8. The molecule has 1 amide bonds. The Morgan fingerprint density at radius 3 is 1.76 bits per heavy atom. The van der Waals surface area contributed by atoms with E-state index < -0.39 is 249 Å². The zero-order valence-corrected chi connectivity index (χ0v) is 62.7. The van der Waals surface area contributed by atoms with Crippen LogP contribution in [0.5, 0.6) is 0 Å². The number of unbranched alkanes of at least 4 members (excludes halogenated alkanes) is 8. The van der Waals surface area contributed by atoms with Gasteiger partial charge in [0, 0.05) is 6.42 Å². The number of nitrogens with one attached hydrogen (secondary N) is 1. The first-order valence-electron chi connectivity index (χ1n) is 39.0. The van der Waals surface area contributed by atoms with E-state index in [-0.39, 0.29) is 42.9 Å². The molecule has 5 aliphatic carbocycles. The summed E-state index contributed by atoms with van der Waals surface area (Å²) in [5.74, 6) is -2.58. The van der Waals surface area contributed by atoms with Crippen molar-refractivity contribution in [2.45, 2.75) is 355 Å². The van der Waals surface area contributed by atoms with Gasteiger partial charge in [-0.15, -0.1) is 0 Å². The number of rotatable bonds is 26. The number of carbonyl (C=O) groups excluding carboxylic acids is 3. The van der Waals surface area contributed by atoms with Gasteiger partial charge >= 0.3 is 5.97 Å². The minimum Gasteiger partial charge on any atom is -0.432 e. The van der Waals surface area contributed by atoms with Crippen LogP contribution in [-0.2, 0) is 71.2 Å².